The Morgan fingerprint density at radius 1 is 1.00 bits per heavy atom. The van der Waals surface area contributed by atoms with E-state index in [0.717, 1.165) is 29.2 Å². The molecule has 33 heavy (non-hydrogen) atoms. The topological polar surface area (TPSA) is 90.0 Å². The molecule has 8 nitrogen and oxygen atoms in total. The third kappa shape index (κ3) is 6.25. The van der Waals surface area contributed by atoms with E-state index in [-0.39, 0.29) is 18.5 Å². The van der Waals surface area contributed by atoms with Gasteiger partial charge in [-0.15, -0.1) is 0 Å². The smallest absolute Gasteiger partial charge is 0.253 e. The van der Waals surface area contributed by atoms with Crippen LogP contribution in [0.5, 0.6) is 0 Å². The van der Waals surface area contributed by atoms with Gasteiger partial charge in [-0.25, -0.2) is 8.42 Å². The molecule has 1 atom stereocenters. The summed E-state index contributed by atoms with van der Waals surface area (Å²) in [5.74, 6) is -0.597. The number of hydrogen-bond acceptors (Lipinski definition) is 5. The van der Waals surface area contributed by atoms with Crippen molar-refractivity contribution in [2.75, 3.05) is 49.2 Å². The van der Waals surface area contributed by atoms with Crippen molar-refractivity contribution in [1.29, 1.82) is 0 Å². The Hall–Kier alpha value is -3.07. The van der Waals surface area contributed by atoms with Gasteiger partial charge in [0.1, 0.15) is 6.54 Å². The predicted octanol–water partition coefficient (Wildman–Crippen LogP) is 2.63. The highest BCUT2D eigenvalue weighted by molar-refractivity contribution is 7.92. The van der Waals surface area contributed by atoms with E-state index in [4.69, 9.17) is 0 Å². The molecule has 2 aromatic carbocycles. The average Bonchev–Trinajstić information content (AvgIpc) is 3.31. The van der Waals surface area contributed by atoms with Crippen LogP contribution in [0.4, 0.5) is 11.4 Å². The molecule has 0 radical (unpaired) electrons. The number of hydrogen-bond donors (Lipinski definition) is 1. The predicted molar refractivity (Wildman–Crippen MR) is 131 cm³/mol. The second-order valence-corrected chi connectivity index (χ2v) is 10.5. The first-order valence-corrected chi connectivity index (χ1v) is 12.8. The van der Waals surface area contributed by atoms with E-state index in [0.29, 0.717) is 11.3 Å². The second kappa shape index (κ2) is 10.2. The van der Waals surface area contributed by atoms with Crippen LogP contribution in [0.3, 0.4) is 0 Å². The molecule has 1 N–H and O–H groups in total. The lowest BCUT2D eigenvalue weighted by Crippen LogP contribution is -2.41. The largest absolute Gasteiger partial charge is 0.372 e. The van der Waals surface area contributed by atoms with Crippen molar-refractivity contribution in [3.05, 3.63) is 59.7 Å². The second-order valence-electron chi connectivity index (χ2n) is 8.59. The molecule has 1 fully saturated rings. The molecule has 1 unspecified atom stereocenters. The highest BCUT2D eigenvalue weighted by Gasteiger charge is 2.22. The minimum atomic E-state index is -3.71. The molecule has 1 aliphatic rings. The van der Waals surface area contributed by atoms with E-state index < -0.39 is 15.9 Å². The minimum Gasteiger partial charge on any atom is -0.372 e. The van der Waals surface area contributed by atoms with E-state index in [1.807, 2.05) is 19.1 Å². The fourth-order valence-electron chi connectivity index (χ4n) is 3.88. The van der Waals surface area contributed by atoms with E-state index in [1.165, 1.54) is 35.6 Å². The number of rotatable bonds is 8. The number of anilines is 2. The third-order valence-electron chi connectivity index (χ3n) is 5.74. The number of sulfonamides is 1. The molecule has 2 amide bonds. The van der Waals surface area contributed by atoms with Crippen molar-refractivity contribution in [2.24, 2.45) is 0 Å². The summed E-state index contributed by atoms with van der Waals surface area (Å²) in [6, 6.07) is 14.0. The first-order chi connectivity index (χ1) is 15.6. The molecule has 0 spiro atoms. The van der Waals surface area contributed by atoms with Crippen molar-refractivity contribution in [1.82, 2.24) is 10.2 Å². The average molecular weight is 473 g/mol. The highest BCUT2D eigenvalue weighted by atomic mass is 32.2. The maximum atomic E-state index is 12.7. The van der Waals surface area contributed by atoms with Gasteiger partial charge in [-0.1, -0.05) is 12.1 Å². The Labute approximate surface area is 196 Å². The van der Waals surface area contributed by atoms with Crippen LogP contribution in [0.1, 0.15) is 41.7 Å². The lowest BCUT2D eigenvalue weighted by molar-refractivity contribution is -0.120. The molecule has 0 aliphatic carbocycles. The van der Waals surface area contributed by atoms with Crippen molar-refractivity contribution >= 4 is 33.2 Å². The van der Waals surface area contributed by atoms with Crippen molar-refractivity contribution in [3.8, 4) is 0 Å². The summed E-state index contributed by atoms with van der Waals surface area (Å²) in [4.78, 5) is 28.6. The maximum Gasteiger partial charge on any atom is 0.253 e. The molecule has 1 heterocycles. The Balaban J connectivity index is 1.67. The lowest BCUT2D eigenvalue weighted by Gasteiger charge is -2.24. The third-order valence-corrected chi connectivity index (χ3v) is 6.88. The molecule has 1 aliphatic heterocycles. The van der Waals surface area contributed by atoms with Gasteiger partial charge in [0.25, 0.3) is 5.91 Å². The zero-order chi connectivity index (χ0) is 24.2. The molecule has 3 rings (SSSR count). The summed E-state index contributed by atoms with van der Waals surface area (Å²) in [6.45, 7) is 3.65. The van der Waals surface area contributed by atoms with Crippen LogP contribution in [0.2, 0.25) is 0 Å². The number of nitrogens with zero attached hydrogens (tertiary/aromatic N) is 3. The van der Waals surface area contributed by atoms with E-state index >= 15 is 0 Å². The summed E-state index contributed by atoms with van der Waals surface area (Å²) in [5, 5.41) is 2.88. The molecular formula is C24H32N4O4S. The van der Waals surface area contributed by atoms with E-state index in [2.05, 4.69) is 22.3 Å². The fraction of sp³-hybridized carbons (Fsp3) is 0.417. The van der Waals surface area contributed by atoms with Gasteiger partial charge in [-0.3, -0.25) is 13.9 Å². The molecule has 1 saturated heterocycles. The van der Waals surface area contributed by atoms with Crippen molar-refractivity contribution in [2.45, 2.75) is 25.8 Å². The van der Waals surface area contributed by atoms with Gasteiger partial charge >= 0.3 is 0 Å². The Morgan fingerprint density at radius 2 is 1.58 bits per heavy atom. The zero-order valence-corrected chi connectivity index (χ0v) is 20.4. The first-order valence-electron chi connectivity index (χ1n) is 11.0. The lowest BCUT2D eigenvalue weighted by atomic mass is 10.1. The quantitative estimate of drug-likeness (QED) is 0.638. The summed E-state index contributed by atoms with van der Waals surface area (Å²) in [6.07, 6.45) is 3.47. The molecule has 2 aromatic rings. The Kier molecular flexibility index (Phi) is 7.63. The van der Waals surface area contributed by atoms with Crippen LogP contribution in [-0.2, 0) is 14.8 Å². The number of carbonyl (C=O) groups is 2. The van der Waals surface area contributed by atoms with Crippen LogP contribution in [0.25, 0.3) is 0 Å². The molecule has 0 saturated carbocycles. The van der Waals surface area contributed by atoms with E-state index in [1.54, 1.807) is 26.2 Å². The molecule has 178 valence electrons. The molecule has 9 heteroatoms. The van der Waals surface area contributed by atoms with Gasteiger partial charge < -0.3 is 15.1 Å². The van der Waals surface area contributed by atoms with Gasteiger partial charge in [0, 0.05) is 38.4 Å². The summed E-state index contributed by atoms with van der Waals surface area (Å²) in [5.41, 5.74) is 2.89. The zero-order valence-electron chi connectivity index (χ0n) is 19.6. The summed E-state index contributed by atoms with van der Waals surface area (Å²) >= 11 is 0. The van der Waals surface area contributed by atoms with Gasteiger partial charge in [0.15, 0.2) is 0 Å². The van der Waals surface area contributed by atoms with Crippen LogP contribution < -0.4 is 14.5 Å². The minimum absolute atomic E-state index is 0.185. The SMILES string of the molecule is CC(NC(=O)CN(c1ccc(C(=O)N(C)C)cc1)S(C)(=O)=O)c1ccc(N2CCCC2)cc1. The first kappa shape index (κ1) is 24.6. The molecular weight excluding hydrogens is 440 g/mol. The van der Waals surface area contributed by atoms with E-state index in [9.17, 15) is 18.0 Å². The molecule has 0 aromatic heterocycles. The van der Waals surface area contributed by atoms with Crippen LogP contribution in [0.15, 0.2) is 48.5 Å². The van der Waals surface area contributed by atoms with Crippen molar-refractivity contribution < 1.29 is 18.0 Å². The van der Waals surface area contributed by atoms with Crippen LogP contribution in [0, 0.1) is 0 Å². The highest BCUT2D eigenvalue weighted by Crippen LogP contribution is 2.23. The van der Waals surface area contributed by atoms with Gasteiger partial charge in [0.2, 0.25) is 15.9 Å². The van der Waals surface area contributed by atoms with Gasteiger partial charge in [-0.05, 0) is 61.7 Å². The fourth-order valence-corrected chi connectivity index (χ4v) is 4.73. The normalized spacial score (nSPS) is 14.6. The summed E-state index contributed by atoms with van der Waals surface area (Å²) in [7, 11) is -0.420. The van der Waals surface area contributed by atoms with Crippen molar-refractivity contribution in [3.63, 3.8) is 0 Å². The van der Waals surface area contributed by atoms with Gasteiger partial charge in [0.05, 0.1) is 18.0 Å². The van der Waals surface area contributed by atoms with Crippen LogP contribution >= 0.6 is 0 Å². The maximum absolute atomic E-state index is 12.7. The number of benzene rings is 2. The number of nitrogens with one attached hydrogen (secondary N) is 1. The number of carbonyl (C=O) groups excluding carboxylic acids is 2. The monoisotopic (exact) mass is 472 g/mol. The van der Waals surface area contributed by atoms with Gasteiger partial charge in [-0.2, -0.15) is 0 Å². The summed E-state index contributed by atoms with van der Waals surface area (Å²) < 4.78 is 25.8. The van der Waals surface area contributed by atoms with Crippen LogP contribution in [-0.4, -0.2) is 65.1 Å². The number of amides is 2. The standard InChI is InChI=1S/C24H32N4O4S/c1-18(19-7-11-21(12-8-19)27-15-5-6-16-27)25-23(29)17-28(33(4,31)32)22-13-9-20(10-14-22)24(30)26(2)3/h7-14,18H,5-6,15-17H2,1-4H3,(H,25,29). The Morgan fingerprint density at radius 3 is 2.09 bits per heavy atom. The Bertz CT molecular complexity index is 1080. The molecule has 0 bridgehead atoms.